The van der Waals surface area contributed by atoms with Gasteiger partial charge in [0.05, 0.1) is 0 Å². The Morgan fingerprint density at radius 3 is 2.62 bits per heavy atom. The summed E-state index contributed by atoms with van der Waals surface area (Å²) < 4.78 is 0. The van der Waals surface area contributed by atoms with Gasteiger partial charge in [-0.05, 0) is 69.0 Å². The topological polar surface area (TPSA) is 29.3 Å². The molecule has 2 aliphatic rings. The average Bonchev–Trinajstić information content (AvgIpc) is 3.04. The SMILES string of the molecule is Cc1ccc(C(CN)N(C)CC2CC3CCC2C3)c(C)c1. The highest BCUT2D eigenvalue weighted by molar-refractivity contribution is 5.33. The molecule has 4 unspecified atom stereocenters. The van der Waals surface area contributed by atoms with Gasteiger partial charge >= 0.3 is 0 Å². The fourth-order valence-electron chi connectivity index (χ4n) is 4.84. The highest BCUT2D eigenvalue weighted by Gasteiger charge is 2.40. The van der Waals surface area contributed by atoms with Gasteiger partial charge in [0.25, 0.3) is 0 Å². The summed E-state index contributed by atoms with van der Waals surface area (Å²) in [6, 6.07) is 7.14. The molecule has 0 aromatic heterocycles. The van der Waals surface area contributed by atoms with Gasteiger partial charge in [-0.1, -0.05) is 30.2 Å². The Labute approximate surface area is 129 Å². The number of hydrogen-bond acceptors (Lipinski definition) is 2. The Morgan fingerprint density at radius 1 is 1.24 bits per heavy atom. The Balaban J connectivity index is 1.70. The number of hydrogen-bond donors (Lipinski definition) is 1. The van der Waals surface area contributed by atoms with E-state index in [4.69, 9.17) is 5.73 Å². The summed E-state index contributed by atoms with van der Waals surface area (Å²) in [6.45, 7) is 6.31. The monoisotopic (exact) mass is 286 g/mol. The number of likely N-dealkylation sites (N-methyl/N-ethyl adjacent to an activating group) is 1. The van der Waals surface area contributed by atoms with Gasteiger partial charge in [-0.25, -0.2) is 0 Å². The molecule has 0 spiro atoms. The number of nitrogens with zero attached hydrogens (tertiary/aromatic N) is 1. The lowest BCUT2D eigenvalue weighted by atomic mass is 9.87. The molecule has 3 rings (SSSR count). The van der Waals surface area contributed by atoms with Crippen molar-refractivity contribution in [2.75, 3.05) is 20.1 Å². The highest BCUT2D eigenvalue weighted by atomic mass is 15.1. The van der Waals surface area contributed by atoms with E-state index >= 15 is 0 Å². The van der Waals surface area contributed by atoms with Gasteiger partial charge in [0.15, 0.2) is 0 Å². The fourth-order valence-corrected chi connectivity index (χ4v) is 4.84. The quantitative estimate of drug-likeness (QED) is 0.895. The molecule has 2 nitrogen and oxygen atoms in total. The van der Waals surface area contributed by atoms with Gasteiger partial charge in [0.2, 0.25) is 0 Å². The van der Waals surface area contributed by atoms with Crippen LogP contribution in [-0.2, 0) is 0 Å². The van der Waals surface area contributed by atoms with Crippen molar-refractivity contribution in [3.05, 3.63) is 34.9 Å². The van der Waals surface area contributed by atoms with Gasteiger partial charge in [0.1, 0.15) is 0 Å². The molecular weight excluding hydrogens is 256 g/mol. The lowest BCUT2D eigenvalue weighted by Gasteiger charge is -2.33. The van der Waals surface area contributed by atoms with Crippen molar-refractivity contribution in [3.63, 3.8) is 0 Å². The van der Waals surface area contributed by atoms with Crippen molar-refractivity contribution >= 4 is 0 Å². The van der Waals surface area contributed by atoms with Crippen molar-refractivity contribution < 1.29 is 0 Å². The Kier molecular flexibility index (Phi) is 4.37. The number of rotatable bonds is 5. The second-order valence-electron chi connectivity index (χ2n) is 7.49. The summed E-state index contributed by atoms with van der Waals surface area (Å²) in [5, 5.41) is 0. The Bertz CT molecular complexity index is 496. The van der Waals surface area contributed by atoms with E-state index in [9.17, 15) is 0 Å². The third-order valence-electron chi connectivity index (χ3n) is 5.95. The van der Waals surface area contributed by atoms with Crippen LogP contribution in [0.15, 0.2) is 18.2 Å². The number of benzene rings is 1. The second kappa shape index (κ2) is 6.10. The van der Waals surface area contributed by atoms with Crippen LogP contribution in [0.25, 0.3) is 0 Å². The minimum Gasteiger partial charge on any atom is -0.329 e. The van der Waals surface area contributed by atoms with E-state index in [1.54, 1.807) is 0 Å². The first-order chi connectivity index (χ1) is 10.1. The van der Waals surface area contributed by atoms with E-state index in [0.717, 1.165) is 17.8 Å². The molecule has 1 aromatic carbocycles. The molecule has 21 heavy (non-hydrogen) atoms. The van der Waals surface area contributed by atoms with E-state index < -0.39 is 0 Å². The molecule has 0 saturated heterocycles. The highest BCUT2D eigenvalue weighted by Crippen LogP contribution is 2.48. The zero-order valence-corrected chi connectivity index (χ0v) is 13.8. The molecule has 2 saturated carbocycles. The molecule has 0 heterocycles. The van der Waals surface area contributed by atoms with Crippen LogP contribution in [-0.4, -0.2) is 25.0 Å². The molecule has 0 aliphatic heterocycles. The smallest absolute Gasteiger partial charge is 0.0470 e. The van der Waals surface area contributed by atoms with Gasteiger partial charge in [0, 0.05) is 19.1 Å². The molecule has 0 amide bonds. The fraction of sp³-hybridized carbons (Fsp3) is 0.684. The lowest BCUT2D eigenvalue weighted by molar-refractivity contribution is 0.175. The molecule has 1 aromatic rings. The molecule has 2 bridgehead atoms. The minimum absolute atomic E-state index is 0.365. The molecule has 2 fully saturated rings. The Hall–Kier alpha value is -0.860. The van der Waals surface area contributed by atoms with E-state index in [2.05, 4.69) is 44.0 Å². The molecule has 2 heteroatoms. The van der Waals surface area contributed by atoms with E-state index in [1.165, 1.54) is 48.9 Å². The van der Waals surface area contributed by atoms with Crippen molar-refractivity contribution in [2.24, 2.45) is 23.5 Å². The molecule has 2 N–H and O–H groups in total. The van der Waals surface area contributed by atoms with Crippen molar-refractivity contribution in [2.45, 2.75) is 45.6 Å². The predicted octanol–water partition coefficient (Wildman–Crippen LogP) is 3.67. The van der Waals surface area contributed by atoms with Crippen LogP contribution in [0, 0.1) is 31.6 Å². The number of aryl methyl sites for hydroxylation is 2. The van der Waals surface area contributed by atoms with Crippen LogP contribution < -0.4 is 5.73 Å². The van der Waals surface area contributed by atoms with E-state index in [-0.39, 0.29) is 0 Å². The molecular formula is C19H30N2. The molecule has 2 aliphatic carbocycles. The zero-order chi connectivity index (χ0) is 15.0. The van der Waals surface area contributed by atoms with Crippen LogP contribution in [0.3, 0.4) is 0 Å². The number of fused-ring (bicyclic) bond motifs is 2. The first kappa shape index (κ1) is 15.1. The summed E-state index contributed by atoms with van der Waals surface area (Å²) in [5.74, 6) is 2.94. The standard InChI is InChI=1S/C19H30N2/c1-13-4-7-18(14(2)8-13)19(11-20)21(3)12-17-10-15-5-6-16(17)9-15/h4,7-8,15-17,19H,5-6,9-12,20H2,1-3H3. The van der Waals surface area contributed by atoms with E-state index in [1.807, 2.05) is 0 Å². The van der Waals surface area contributed by atoms with Crippen LogP contribution in [0.4, 0.5) is 0 Å². The van der Waals surface area contributed by atoms with Crippen LogP contribution in [0.1, 0.15) is 48.4 Å². The van der Waals surface area contributed by atoms with Crippen LogP contribution >= 0.6 is 0 Å². The maximum Gasteiger partial charge on any atom is 0.0470 e. The largest absolute Gasteiger partial charge is 0.329 e. The summed E-state index contributed by atoms with van der Waals surface area (Å²) in [4.78, 5) is 2.52. The average molecular weight is 286 g/mol. The van der Waals surface area contributed by atoms with Gasteiger partial charge in [-0.2, -0.15) is 0 Å². The third kappa shape index (κ3) is 3.02. The molecule has 0 radical (unpaired) electrons. The number of nitrogens with two attached hydrogens (primary N) is 1. The predicted molar refractivity (Wildman–Crippen MR) is 89.3 cm³/mol. The van der Waals surface area contributed by atoms with Gasteiger partial charge in [-0.15, -0.1) is 0 Å². The van der Waals surface area contributed by atoms with Crippen LogP contribution in [0.5, 0.6) is 0 Å². The van der Waals surface area contributed by atoms with Gasteiger partial charge < -0.3 is 5.73 Å². The summed E-state index contributed by atoms with van der Waals surface area (Å²) >= 11 is 0. The van der Waals surface area contributed by atoms with Crippen molar-refractivity contribution in [1.82, 2.24) is 4.90 Å². The lowest BCUT2D eigenvalue weighted by Crippen LogP contribution is -2.36. The van der Waals surface area contributed by atoms with Crippen LogP contribution in [0.2, 0.25) is 0 Å². The van der Waals surface area contributed by atoms with Crippen molar-refractivity contribution in [3.8, 4) is 0 Å². The minimum atomic E-state index is 0.365. The van der Waals surface area contributed by atoms with E-state index in [0.29, 0.717) is 12.6 Å². The molecule has 116 valence electrons. The first-order valence-corrected chi connectivity index (χ1v) is 8.56. The zero-order valence-electron chi connectivity index (χ0n) is 13.8. The third-order valence-corrected chi connectivity index (χ3v) is 5.95. The second-order valence-corrected chi connectivity index (χ2v) is 7.49. The van der Waals surface area contributed by atoms with Crippen molar-refractivity contribution in [1.29, 1.82) is 0 Å². The Morgan fingerprint density at radius 2 is 2.05 bits per heavy atom. The summed E-state index contributed by atoms with van der Waals surface area (Å²) in [7, 11) is 2.27. The summed E-state index contributed by atoms with van der Waals surface area (Å²) in [6.07, 6.45) is 5.91. The molecule has 4 atom stereocenters. The maximum absolute atomic E-state index is 6.12. The summed E-state index contributed by atoms with van der Waals surface area (Å²) in [5.41, 5.74) is 10.2. The first-order valence-electron chi connectivity index (χ1n) is 8.56. The maximum atomic E-state index is 6.12. The van der Waals surface area contributed by atoms with Gasteiger partial charge in [-0.3, -0.25) is 4.90 Å². The normalized spacial score (nSPS) is 29.3.